The Labute approximate surface area is 112 Å². The summed E-state index contributed by atoms with van der Waals surface area (Å²) < 4.78 is 5.36. The van der Waals surface area contributed by atoms with Gasteiger partial charge in [-0.25, -0.2) is 0 Å². The summed E-state index contributed by atoms with van der Waals surface area (Å²) in [6, 6.07) is 11.3. The third-order valence-electron chi connectivity index (χ3n) is 3.07. The second kappa shape index (κ2) is 5.11. The highest BCUT2D eigenvalue weighted by Crippen LogP contribution is 2.24. The van der Waals surface area contributed by atoms with E-state index < -0.39 is 5.92 Å². The van der Waals surface area contributed by atoms with Crippen molar-refractivity contribution in [2.24, 2.45) is 0 Å². The normalized spacial score (nSPS) is 11.9. The summed E-state index contributed by atoms with van der Waals surface area (Å²) in [4.78, 5) is 12.4. The number of carbonyl (C=O) groups excluding carboxylic acids is 1. The average molecular weight is 253 g/mol. The van der Waals surface area contributed by atoms with Crippen LogP contribution in [0.5, 0.6) is 0 Å². The smallest absolute Gasteiger partial charge is 0.187 e. The number of hydrogen-bond acceptors (Lipinski definition) is 3. The van der Waals surface area contributed by atoms with Crippen LogP contribution in [0, 0.1) is 32.1 Å². The van der Waals surface area contributed by atoms with Crippen molar-refractivity contribution < 1.29 is 9.21 Å². The van der Waals surface area contributed by atoms with Crippen molar-refractivity contribution in [2.75, 3.05) is 0 Å². The summed E-state index contributed by atoms with van der Waals surface area (Å²) >= 11 is 0. The maximum absolute atomic E-state index is 12.4. The van der Waals surface area contributed by atoms with Crippen molar-refractivity contribution in [2.45, 2.75) is 26.7 Å². The van der Waals surface area contributed by atoms with Crippen LogP contribution in [0.15, 0.2) is 34.7 Å². The Morgan fingerprint density at radius 1 is 1.26 bits per heavy atom. The predicted octanol–water partition coefficient (Wildman–Crippen LogP) is 3.69. The number of aryl methyl sites for hydroxylation is 3. The molecule has 0 N–H and O–H groups in total. The van der Waals surface area contributed by atoms with Gasteiger partial charge in [0.25, 0.3) is 0 Å². The van der Waals surface area contributed by atoms with E-state index in [0.717, 1.165) is 11.1 Å². The second-order valence-corrected chi connectivity index (χ2v) is 4.67. The number of hydrogen-bond donors (Lipinski definition) is 0. The zero-order chi connectivity index (χ0) is 14.0. The molecule has 3 nitrogen and oxygen atoms in total. The lowest BCUT2D eigenvalue weighted by Crippen LogP contribution is -2.11. The molecule has 0 bridgehead atoms. The van der Waals surface area contributed by atoms with Gasteiger partial charge in [0.1, 0.15) is 17.4 Å². The van der Waals surface area contributed by atoms with E-state index in [1.165, 1.54) is 0 Å². The Morgan fingerprint density at radius 2 is 2.00 bits per heavy atom. The number of Topliss-reactive ketones (excluding diaryl/α,β-unsaturated/α-hetero) is 1. The first-order valence-corrected chi connectivity index (χ1v) is 6.10. The van der Waals surface area contributed by atoms with E-state index in [2.05, 4.69) is 6.07 Å². The van der Waals surface area contributed by atoms with Crippen molar-refractivity contribution >= 4 is 5.78 Å². The van der Waals surface area contributed by atoms with Gasteiger partial charge in [0.15, 0.2) is 5.78 Å². The number of ketones is 1. The molecule has 0 saturated heterocycles. The third kappa shape index (κ3) is 2.58. The Hall–Kier alpha value is -2.34. The molecule has 0 spiro atoms. The van der Waals surface area contributed by atoms with E-state index in [1.807, 2.05) is 25.1 Å². The van der Waals surface area contributed by atoms with Gasteiger partial charge in [-0.1, -0.05) is 29.8 Å². The van der Waals surface area contributed by atoms with E-state index in [1.54, 1.807) is 26.0 Å². The molecule has 2 rings (SSSR count). The van der Waals surface area contributed by atoms with Crippen molar-refractivity contribution in [1.82, 2.24) is 0 Å². The first kappa shape index (κ1) is 13.1. The van der Waals surface area contributed by atoms with Crippen molar-refractivity contribution in [3.8, 4) is 6.07 Å². The molecule has 0 aliphatic carbocycles. The van der Waals surface area contributed by atoms with Crippen LogP contribution in [0.1, 0.15) is 38.9 Å². The number of carbonyl (C=O) groups is 1. The Kier molecular flexibility index (Phi) is 3.52. The lowest BCUT2D eigenvalue weighted by Gasteiger charge is -2.08. The van der Waals surface area contributed by atoms with Crippen LogP contribution >= 0.6 is 0 Å². The quantitative estimate of drug-likeness (QED) is 0.784. The summed E-state index contributed by atoms with van der Waals surface area (Å²) in [6.07, 6.45) is 0. The summed E-state index contributed by atoms with van der Waals surface area (Å²) in [5.74, 6) is 0.259. The van der Waals surface area contributed by atoms with Gasteiger partial charge >= 0.3 is 0 Å². The molecule has 19 heavy (non-hydrogen) atoms. The van der Waals surface area contributed by atoms with Gasteiger partial charge in [-0.05, 0) is 32.4 Å². The monoisotopic (exact) mass is 253 g/mol. The van der Waals surface area contributed by atoms with Gasteiger partial charge in [0, 0.05) is 0 Å². The minimum Gasteiger partial charge on any atom is -0.466 e. The van der Waals surface area contributed by atoms with Crippen LogP contribution in [0.3, 0.4) is 0 Å². The molecule has 0 aliphatic rings. The van der Waals surface area contributed by atoms with E-state index in [4.69, 9.17) is 4.42 Å². The molecule has 0 fully saturated rings. The summed E-state index contributed by atoms with van der Waals surface area (Å²) in [5.41, 5.74) is 2.25. The van der Waals surface area contributed by atoms with Gasteiger partial charge < -0.3 is 4.42 Å². The van der Waals surface area contributed by atoms with Crippen molar-refractivity contribution in [1.29, 1.82) is 5.26 Å². The largest absolute Gasteiger partial charge is 0.466 e. The molecule has 0 radical (unpaired) electrons. The fraction of sp³-hybridized carbons (Fsp3) is 0.250. The number of rotatable bonds is 3. The van der Waals surface area contributed by atoms with E-state index >= 15 is 0 Å². The molecule has 0 saturated carbocycles. The molecular formula is C16H15NO2. The van der Waals surface area contributed by atoms with Crippen LogP contribution in [0.25, 0.3) is 0 Å². The molecule has 96 valence electrons. The fourth-order valence-electron chi connectivity index (χ4n) is 2.17. The standard InChI is InChI=1S/C16H15NO2/c1-10-5-4-6-13(7-10)15(9-17)16(18)14-8-11(2)19-12(14)3/h4-8,15H,1-3H3. The first-order chi connectivity index (χ1) is 9.02. The molecule has 1 atom stereocenters. The van der Waals surface area contributed by atoms with Crippen LogP contribution in [-0.4, -0.2) is 5.78 Å². The van der Waals surface area contributed by atoms with Crippen molar-refractivity contribution in [3.63, 3.8) is 0 Å². The zero-order valence-electron chi connectivity index (χ0n) is 11.2. The van der Waals surface area contributed by atoms with E-state index in [-0.39, 0.29) is 5.78 Å². The van der Waals surface area contributed by atoms with Gasteiger partial charge in [-0.3, -0.25) is 4.79 Å². The molecule has 1 unspecified atom stereocenters. The van der Waals surface area contributed by atoms with Crippen LogP contribution in [0.2, 0.25) is 0 Å². The number of benzene rings is 1. The van der Waals surface area contributed by atoms with Gasteiger partial charge in [-0.2, -0.15) is 5.26 Å². The minimum atomic E-state index is -0.782. The third-order valence-corrected chi connectivity index (χ3v) is 3.07. The maximum atomic E-state index is 12.4. The SMILES string of the molecule is Cc1cccc(C(C#N)C(=O)c2cc(C)oc2C)c1. The Bertz CT molecular complexity index is 662. The van der Waals surface area contributed by atoms with Gasteiger partial charge in [-0.15, -0.1) is 0 Å². The molecule has 2 aromatic rings. The molecule has 3 heteroatoms. The number of nitrogens with zero attached hydrogens (tertiary/aromatic N) is 1. The minimum absolute atomic E-state index is 0.206. The highest BCUT2D eigenvalue weighted by Gasteiger charge is 2.25. The number of nitriles is 1. The molecule has 1 aromatic carbocycles. The molecule has 1 heterocycles. The predicted molar refractivity (Wildman–Crippen MR) is 72.0 cm³/mol. The molecular weight excluding hydrogens is 238 g/mol. The lowest BCUT2D eigenvalue weighted by atomic mass is 9.91. The van der Waals surface area contributed by atoms with Crippen molar-refractivity contribution in [3.05, 3.63) is 58.5 Å². The van der Waals surface area contributed by atoms with Crippen LogP contribution in [0.4, 0.5) is 0 Å². The number of furan rings is 1. The first-order valence-electron chi connectivity index (χ1n) is 6.10. The Balaban J connectivity index is 2.41. The van der Waals surface area contributed by atoms with Crippen LogP contribution < -0.4 is 0 Å². The maximum Gasteiger partial charge on any atom is 0.187 e. The highest BCUT2D eigenvalue weighted by atomic mass is 16.3. The van der Waals surface area contributed by atoms with Crippen LogP contribution in [-0.2, 0) is 0 Å². The zero-order valence-corrected chi connectivity index (χ0v) is 11.2. The van der Waals surface area contributed by atoms with Gasteiger partial charge in [0.2, 0.25) is 0 Å². The molecule has 0 amide bonds. The summed E-state index contributed by atoms with van der Waals surface area (Å²) in [6.45, 7) is 5.47. The lowest BCUT2D eigenvalue weighted by molar-refractivity contribution is 0.0977. The Morgan fingerprint density at radius 3 is 2.53 bits per heavy atom. The van der Waals surface area contributed by atoms with Gasteiger partial charge in [0.05, 0.1) is 11.6 Å². The summed E-state index contributed by atoms with van der Waals surface area (Å²) in [5, 5.41) is 9.30. The topological polar surface area (TPSA) is 54.0 Å². The van der Waals surface area contributed by atoms with E-state index in [9.17, 15) is 10.1 Å². The molecule has 1 aromatic heterocycles. The summed E-state index contributed by atoms with van der Waals surface area (Å²) in [7, 11) is 0. The fourth-order valence-corrected chi connectivity index (χ4v) is 2.17. The molecule has 0 aliphatic heterocycles. The average Bonchev–Trinajstić information content (AvgIpc) is 2.69. The highest BCUT2D eigenvalue weighted by molar-refractivity contribution is 6.03. The second-order valence-electron chi connectivity index (χ2n) is 4.67. The van der Waals surface area contributed by atoms with E-state index in [0.29, 0.717) is 17.1 Å².